The van der Waals surface area contributed by atoms with Crippen LogP contribution in [0.4, 0.5) is 8.78 Å². The van der Waals surface area contributed by atoms with Crippen LogP contribution < -0.4 is 0 Å². The summed E-state index contributed by atoms with van der Waals surface area (Å²) in [7, 11) is 0. The van der Waals surface area contributed by atoms with E-state index in [1.165, 1.54) is 12.1 Å². The predicted molar refractivity (Wildman–Crippen MR) is 124 cm³/mol. The van der Waals surface area contributed by atoms with Gasteiger partial charge in [-0.2, -0.15) is 0 Å². The average Bonchev–Trinajstić information content (AvgIpc) is 2.80. The van der Waals surface area contributed by atoms with Crippen molar-refractivity contribution in [2.24, 2.45) is 0 Å². The van der Waals surface area contributed by atoms with E-state index in [2.05, 4.69) is 4.98 Å². The highest BCUT2D eigenvalue weighted by atomic mass is 19.1. The van der Waals surface area contributed by atoms with Crippen molar-refractivity contribution in [3.63, 3.8) is 0 Å². The SMILES string of the molecule is Cc1cc([C@@H]2C[C@@H](c3cc4nc(C)c(C)cc4c(-c4ccc(F)cc4F)n3)CCO2)ccn1. The molecule has 4 nitrogen and oxygen atoms in total. The standard InChI is InChI=1S/C27H25F2N3O/c1-15-10-22-25(31-17(15)3)14-24(32-27(22)21-5-4-20(28)13-23(21)29)18-7-9-33-26(12-18)19-6-8-30-16(2)11-19/h4-6,8,10-11,13-14,18,26H,7,9,12H2,1-3H3/t18-,26-/m0/s1. The summed E-state index contributed by atoms with van der Waals surface area (Å²) in [5, 5.41) is 0.765. The second-order valence-corrected chi connectivity index (χ2v) is 8.79. The minimum atomic E-state index is -0.628. The highest BCUT2D eigenvalue weighted by Gasteiger charge is 2.27. The topological polar surface area (TPSA) is 47.9 Å². The Morgan fingerprint density at radius 1 is 0.970 bits per heavy atom. The quantitative estimate of drug-likeness (QED) is 0.360. The summed E-state index contributed by atoms with van der Waals surface area (Å²) in [5.41, 5.74) is 6.37. The van der Waals surface area contributed by atoms with Crippen LogP contribution in [0.25, 0.3) is 22.2 Å². The van der Waals surface area contributed by atoms with E-state index in [0.717, 1.165) is 58.0 Å². The molecule has 1 saturated heterocycles. The molecule has 33 heavy (non-hydrogen) atoms. The Labute approximate surface area is 191 Å². The van der Waals surface area contributed by atoms with Crippen LogP contribution in [0.3, 0.4) is 0 Å². The summed E-state index contributed by atoms with van der Waals surface area (Å²) >= 11 is 0. The Bertz CT molecular complexity index is 1360. The molecule has 1 aliphatic rings. The molecule has 3 aromatic heterocycles. The Hall–Kier alpha value is -3.25. The summed E-state index contributed by atoms with van der Waals surface area (Å²) in [6.45, 7) is 6.51. The Balaban J connectivity index is 1.62. The third-order valence-corrected chi connectivity index (χ3v) is 6.46. The first-order valence-electron chi connectivity index (χ1n) is 11.2. The zero-order chi connectivity index (χ0) is 23.1. The van der Waals surface area contributed by atoms with E-state index in [1.54, 1.807) is 6.20 Å². The third kappa shape index (κ3) is 4.23. The lowest BCUT2D eigenvalue weighted by atomic mass is 9.88. The molecule has 0 aliphatic carbocycles. The Morgan fingerprint density at radius 3 is 2.61 bits per heavy atom. The van der Waals surface area contributed by atoms with Crippen molar-refractivity contribution in [3.8, 4) is 11.3 Å². The van der Waals surface area contributed by atoms with Crippen molar-refractivity contribution in [2.75, 3.05) is 6.61 Å². The molecular weight excluding hydrogens is 420 g/mol. The maximum absolute atomic E-state index is 14.8. The summed E-state index contributed by atoms with van der Waals surface area (Å²) in [5.74, 6) is -1.11. The molecule has 0 N–H and O–H groups in total. The summed E-state index contributed by atoms with van der Waals surface area (Å²) in [4.78, 5) is 14.0. The molecule has 0 amide bonds. The van der Waals surface area contributed by atoms with Crippen molar-refractivity contribution in [1.29, 1.82) is 0 Å². The van der Waals surface area contributed by atoms with Gasteiger partial charge in [0.25, 0.3) is 0 Å². The normalized spacial score (nSPS) is 18.6. The molecule has 168 valence electrons. The number of pyridine rings is 3. The number of ether oxygens (including phenoxy) is 1. The molecule has 6 heteroatoms. The second-order valence-electron chi connectivity index (χ2n) is 8.79. The second kappa shape index (κ2) is 8.60. The fourth-order valence-electron chi connectivity index (χ4n) is 4.55. The molecule has 0 saturated carbocycles. The zero-order valence-electron chi connectivity index (χ0n) is 18.9. The lowest BCUT2D eigenvalue weighted by Gasteiger charge is -2.30. The number of halogens is 2. The number of rotatable bonds is 3. The van der Waals surface area contributed by atoms with E-state index in [0.29, 0.717) is 12.3 Å². The van der Waals surface area contributed by atoms with Gasteiger partial charge in [-0.05, 0) is 81.1 Å². The first-order chi connectivity index (χ1) is 15.9. The van der Waals surface area contributed by atoms with Gasteiger partial charge in [0.1, 0.15) is 11.6 Å². The minimum absolute atomic E-state index is 0.0540. The summed E-state index contributed by atoms with van der Waals surface area (Å²) in [6, 6.07) is 11.7. The zero-order valence-corrected chi connectivity index (χ0v) is 18.9. The van der Waals surface area contributed by atoms with Gasteiger partial charge in [-0.3, -0.25) is 15.0 Å². The van der Waals surface area contributed by atoms with Gasteiger partial charge in [0.15, 0.2) is 0 Å². The minimum Gasteiger partial charge on any atom is -0.373 e. The van der Waals surface area contributed by atoms with E-state index in [9.17, 15) is 8.78 Å². The van der Waals surface area contributed by atoms with Crippen LogP contribution in [-0.4, -0.2) is 21.6 Å². The molecule has 1 aliphatic heterocycles. The molecule has 0 bridgehead atoms. The molecule has 2 atom stereocenters. The number of aryl methyl sites for hydroxylation is 3. The first-order valence-corrected chi connectivity index (χ1v) is 11.2. The third-order valence-electron chi connectivity index (χ3n) is 6.46. The molecule has 0 unspecified atom stereocenters. The van der Waals surface area contributed by atoms with Gasteiger partial charge in [-0.25, -0.2) is 8.78 Å². The van der Waals surface area contributed by atoms with E-state index in [-0.39, 0.29) is 17.6 Å². The molecular formula is C27H25F2N3O. The van der Waals surface area contributed by atoms with E-state index in [1.807, 2.05) is 45.0 Å². The van der Waals surface area contributed by atoms with Crippen molar-refractivity contribution in [1.82, 2.24) is 15.0 Å². The van der Waals surface area contributed by atoms with Crippen LogP contribution in [0.5, 0.6) is 0 Å². The number of nitrogens with zero attached hydrogens (tertiary/aromatic N) is 3. The van der Waals surface area contributed by atoms with Crippen LogP contribution in [-0.2, 0) is 4.74 Å². The molecule has 1 fully saturated rings. The highest BCUT2D eigenvalue weighted by molar-refractivity contribution is 5.93. The van der Waals surface area contributed by atoms with Crippen LogP contribution in [0.2, 0.25) is 0 Å². The highest BCUT2D eigenvalue weighted by Crippen LogP contribution is 2.39. The van der Waals surface area contributed by atoms with Crippen LogP contribution >= 0.6 is 0 Å². The average molecular weight is 446 g/mol. The lowest BCUT2D eigenvalue weighted by molar-refractivity contribution is 0.00460. The fourth-order valence-corrected chi connectivity index (χ4v) is 4.55. The van der Waals surface area contributed by atoms with Gasteiger partial charge in [0, 0.05) is 52.8 Å². The van der Waals surface area contributed by atoms with Gasteiger partial charge in [-0.15, -0.1) is 0 Å². The van der Waals surface area contributed by atoms with E-state index in [4.69, 9.17) is 14.7 Å². The van der Waals surface area contributed by atoms with Crippen LogP contribution in [0, 0.1) is 32.4 Å². The molecule has 0 radical (unpaired) electrons. The van der Waals surface area contributed by atoms with Crippen molar-refractivity contribution in [3.05, 3.63) is 88.5 Å². The van der Waals surface area contributed by atoms with Crippen molar-refractivity contribution >= 4 is 10.9 Å². The van der Waals surface area contributed by atoms with Gasteiger partial charge in [0.2, 0.25) is 0 Å². The van der Waals surface area contributed by atoms with Crippen molar-refractivity contribution < 1.29 is 13.5 Å². The lowest BCUT2D eigenvalue weighted by Crippen LogP contribution is -2.20. The summed E-state index contributed by atoms with van der Waals surface area (Å²) < 4.78 is 34.5. The molecule has 4 heterocycles. The summed E-state index contributed by atoms with van der Waals surface area (Å²) in [6.07, 6.45) is 3.32. The largest absolute Gasteiger partial charge is 0.373 e. The molecule has 1 aromatic carbocycles. The fraction of sp³-hybridized carbons (Fsp3) is 0.296. The smallest absolute Gasteiger partial charge is 0.135 e. The Morgan fingerprint density at radius 2 is 1.82 bits per heavy atom. The van der Waals surface area contributed by atoms with Gasteiger partial charge in [0.05, 0.1) is 17.3 Å². The van der Waals surface area contributed by atoms with E-state index < -0.39 is 11.6 Å². The number of fused-ring (bicyclic) bond motifs is 1. The number of benzene rings is 1. The van der Waals surface area contributed by atoms with Gasteiger partial charge < -0.3 is 4.74 Å². The predicted octanol–water partition coefficient (Wildman–Crippen LogP) is 6.53. The molecule has 0 spiro atoms. The van der Waals surface area contributed by atoms with E-state index >= 15 is 0 Å². The maximum atomic E-state index is 14.8. The van der Waals surface area contributed by atoms with Gasteiger partial charge in [-0.1, -0.05) is 0 Å². The first kappa shape index (κ1) is 21.6. The van der Waals surface area contributed by atoms with Gasteiger partial charge >= 0.3 is 0 Å². The molecule has 4 aromatic rings. The number of hydrogen-bond donors (Lipinski definition) is 0. The Kier molecular flexibility index (Phi) is 5.62. The van der Waals surface area contributed by atoms with Crippen molar-refractivity contribution in [2.45, 2.75) is 45.6 Å². The van der Waals surface area contributed by atoms with Crippen LogP contribution in [0.1, 0.15) is 53.1 Å². The molecule has 5 rings (SSSR count). The number of hydrogen-bond acceptors (Lipinski definition) is 4. The number of aromatic nitrogens is 3. The maximum Gasteiger partial charge on any atom is 0.135 e. The monoisotopic (exact) mass is 445 g/mol. The van der Waals surface area contributed by atoms with Crippen LogP contribution in [0.15, 0.2) is 48.7 Å².